The number of nitrogens with zero attached hydrogens (tertiary/aromatic N) is 2. The number of hydrogen-bond donors (Lipinski definition) is 0. The lowest BCUT2D eigenvalue weighted by atomic mass is 10.0. The Morgan fingerprint density at radius 1 is 0.594 bits per heavy atom. The van der Waals surface area contributed by atoms with Crippen LogP contribution in [0.4, 0.5) is 0 Å². The van der Waals surface area contributed by atoms with Crippen molar-refractivity contribution < 1.29 is 0 Å². The van der Waals surface area contributed by atoms with Crippen molar-refractivity contribution in [2.75, 3.05) is 0 Å². The van der Waals surface area contributed by atoms with Gasteiger partial charge in [-0.3, -0.25) is 0 Å². The molecule has 0 aliphatic rings. The van der Waals surface area contributed by atoms with Gasteiger partial charge in [0.15, 0.2) is 5.82 Å². The first-order chi connectivity index (χ1) is 15.8. The molecular weight excluding hydrogens is 476 g/mol. The van der Waals surface area contributed by atoms with Crippen molar-refractivity contribution >= 4 is 47.4 Å². The van der Waals surface area contributed by atoms with E-state index in [1.807, 2.05) is 41.7 Å². The number of halogens is 1. The molecule has 2 nitrogen and oxygen atoms in total. The van der Waals surface area contributed by atoms with Crippen LogP contribution in [0.25, 0.3) is 54.1 Å². The minimum absolute atomic E-state index is 0.734. The summed E-state index contributed by atoms with van der Waals surface area (Å²) < 4.78 is 3.61. The van der Waals surface area contributed by atoms with Crippen LogP contribution in [0.15, 0.2) is 108 Å². The molecule has 0 N–H and O–H groups in total. The molecule has 0 radical (unpaired) electrons. The van der Waals surface area contributed by atoms with E-state index in [-0.39, 0.29) is 0 Å². The first-order valence-electron chi connectivity index (χ1n) is 10.4. The standard InChI is InChI=1S/C28H17BrN2S/c29-20-15-13-18(14-16-20)23-17-24(31-28(30-23)19-7-2-1-3-8-19)21-10-6-12-26-27(21)22-9-4-5-11-25(22)32-26/h1-17H. The summed E-state index contributed by atoms with van der Waals surface area (Å²) in [4.78, 5) is 9.97. The molecule has 6 rings (SSSR count). The van der Waals surface area contributed by atoms with Gasteiger partial charge in [0.05, 0.1) is 11.4 Å². The maximum absolute atomic E-state index is 5.04. The van der Waals surface area contributed by atoms with Crippen LogP contribution in [0.5, 0.6) is 0 Å². The van der Waals surface area contributed by atoms with Gasteiger partial charge < -0.3 is 0 Å². The Balaban J connectivity index is 1.64. The Labute approximate surface area is 198 Å². The molecule has 0 fully saturated rings. The van der Waals surface area contributed by atoms with Crippen molar-refractivity contribution in [1.82, 2.24) is 9.97 Å². The highest BCUT2D eigenvalue weighted by atomic mass is 79.9. The molecular formula is C28H17BrN2S. The second-order valence-corrected chi connectivity index (χ2v) is 9.61. The van der Waals surface area contributed by atoms with Crippen LogP contribution >= 0.6 is 27.3 Å². The van der Waals surface area contributed by atoms with Gasteiger partial charge in [-0.2, -0.15) is 0 Å². The summed E-state index contributed by atoms with van der Waals surface area (Å²) in [7, 11) is 0. The third kappa shape index (κ3) is 3.42. The highest BCUT2D eigenvalue weighted by Crippen LogP contribution is 2.40. The fourth-order valence-electron chi connectivity index (χ4n) is 4.06. The quantitative estimate of drug-likeness (QED) is 0.247. The van der Waals surface area contributed by atoms with E-state index in [9.17, 15) is 0 Å². The summed E-state index contributed by atoms with van der Waals surface area (Å²) in [6, 6.07) is 35.6. The van der Waals surface area contributed by atoms with Crippen LogP contribution < -0.4 is 0 Å². The fourth-order valence-corrected chi connectivity index (χ4v) is 5.45. The summed E-state index contributed by atoms with van der Waals surface area (Å²) in [5.74, 6) is 0.734. The monoisotopic (exact) mass is 492 g/mol. The lowest BCUT2D eigenvalue weighted by Gasteiger charge is -2.10. The maximum atomic E-state index is 5.04. The minimum atomic E-state index is 0.734. The van der Waals surface area contributed by atoms with Gasteiger partial charge in [-0.1, -0.05) is 88.7 Å². The molecule has 0 aliphatic carbocycles. The number of hydrogen-bond acceptors (Lipinski definition) is 3. The summed E-state index contributed by atoms with van der Waals surface area (Å²) in [5.41, 5.74) is 5.06. The number of thiophene rings is 1. The first-order valence-corrected chi connectivity index (χ1v) is 12.0. The van der Waals surface area contributed by atoms with Crippen LogP contribution in [0.3, 0.4) is 0 Å². The average Bonchev–Trinajstić information content (AvgIpc) is 3.24. The molecule has 0 unspecified atom stereocenters. The number of rotatable bonds is 3. The largest absolute Gasteiger partial charge is 0.228 e. The van der Waals surface area contributed by atoms with Crippen molar-refractivity contribution in [1.29, 1.82) is 0 Å². The molecule has 6 aromatic rings. The summed E-state index contributed by atoms with van der Waals surface area (Å²) >= 11 is 5.36. The molecule has 32 heavy (non-hydrogen) atoms. The average molecular weight is 493 g/mol. The predicted molar refractivity (Wildman–Crippen MR) is 139 cm³/mol. The van der Waals surface area contributed by atoms with E-state index < -0.39 is 0 Å². The van der Waals surface area contributed by atoms with E-state index in [2.05, 4.69) is 88.7 Å². The number of aromatic nitrogens is 2. The highest BCUT2D eigenvalue weighted by Gasteiger charge is 2.15. The zero-order valence-electron chi connectivity index (χ0n) is 17.0. The Morgan fingerprint density at radius 2 is 1.31 bits per heavy atom. The summed E-state index contributed by atoms with van der Waals surface area (Å²) in [6.45, 7) is 0. The van der Waals surface area contributed by atoms with Crippen LogP contribution in [-0.4, -0.2) is 9.97 Å². The molecule has 4 heteroatoms. The lowest BCUT2D eigenvalue weighted by Crippen LogP contribution is -1.96. The van der Waals surface area contributed by atoms with E-state index in [4.69, 9.17) is 9.97 Å². The Kier molecular flexibility index (Phi) is 4.82. The molecule has 0 spiro atoms. The van der Waals surface area contributed by atoms with Gasteiger partial charge in [-0.25, -0.2) is 9.97 Å². The number of benzene rings is 4. The van der Waals surface area contributed by atoms with E-state index in [1.165, 1.54) is 20.2 Å². The minimum Gasteiger partial charge on any atom is -0.228 e. The first kappa shape index (κ1) is 19.4. The van der Waals surface area contributed by atoms with Gasteiger partial charge in [0, 0.05) is 41.3 Å². The van der Waals surface area contributed by atoms with Crippen LogP contribution in [0.1, 0.15) is 0 Å². The predicted octanol–water partition coefficient (Wildman–Crippen LogP) is 8.61. The van der Waals surface area contributed by atoms with Gasteiger partial charge in [0.2, 0.25) is 0 Å². The van der Waals surface area contributed by atoms with Crippen LogP contribution in [0.2, 0.25) is 0 Å². The molecule has 0 saturated carbocycles. The van der Waals surface area contributed by atoms with Gasteiger partial charge >= 0.3 is 0 Å². The van der Waals surface area contributed by atoms with Crippen molar-refractivity contribution in [3.63, 3.8) is 0 Å². The molecule has 0 saturated heterocycles. The Morgan fingerprint density at radius 3 is 2.16 bits per heavy atom. The topological polar surface area (TPSA) is 25.8 Å². The second-order valence-electron chi connectivity index (χ2n) is 7.61. The van der Waals surface area contributed by atoms with Crippen molar-refractivity contribution in [3.05, 3.63) is 108 Å². The summed E-state index contributed by atoms with van der Waals surface area (Å²) in [5, 5.41) is 2.53. The van der Waals surface area contributed by atoms with E-state index in [0.717, 1.165) is 38.4 Å². The van der Waals surface area contributed by atoms with Crippen molar-refractivity contribution in [2.45, 2.75) is 0 Å². The van der Waals surface area contributed by atoms with Crippen LogP contribution in [-0.2, 0) is 0 Å². The molecule has 4 aromatic carbocycles. The zero-order valence-corrected chi connectivity index (χ0v) is 19.4. The molecule has 152 valence electrons. The van der Waals surface area contributed by atoms with E-state index in [0.29, 0.717) is 0 Å². The Bertz CT molecular complexity index is 1570. The maximum Gasteiger partial charge on any atom is 0.160 e. The number of fused-ring (bicyclic) bond motifs is 3. The normalized spacial score (nSPS) is 11.3. The lowest BCUT2D eigenvalue weighted by molar-refractivity contribution is 1.18. The smallest absolute Gasteiger partial charge is 0.160 e. The van der Waals surface area contributed by atoms with E-state index in [1.54, 1.807) is 0 Å². The molecule has 0 atom stereocenters. The van der Waals surface area contributed by atoms with Gasteiger partial charge in [-0.15, -0.1) is 11.3 Å². The highest BCUT2D eigenvalue weighted by molar-refractivity contribution is 9.10. The molecule has 0 aliphatic heterocycles. The third-order valence-corrected chi connectivity index (χ3v) is 7.24. The van der Waals surface area contributed by atoms with Crippen molar-refractivity contribution in [2.24, 2.45) is 0 Å². The SMILES string of the molecule is Brc1ccc(-c2cc(-c3cccc4sc5ccccc5c34)nc(-c3ccccc3)n2)cc1. The zero-order chi connectivity index (χ0) is 21.5. The molecule has 0 bridgehead atoms. The van der Waals surface area contributed by atoms with Gasteiger partial charge in [0.25, 0.3) is 0 Å². The second kappa shape index (κ2) is 7.97. The molecule has 0 amide bonds. The Hall–Kier alpha value is -3.34. The van der Waals surface area contributed by atoms with Gasteiger partial charge in [0.1, 0.15) is 0 Å². The summed E-state index contributed by atoms with van der Waals surface area (Å²) in [6.07, 6.45) is 0. The van der Waals surface area contributed by atoms with Gasteiger partial charge in [-0.05, 0) is 30.3 Å². The molecule has 2 aromatic heterocycles. The fraction of sp³-hybridized carbons (Fsp3) is 0. The molecule has 2 heterocycles. The van der Waals surface area contributed by atoms with Crippen LogP contribution in [0, 0.1) is 0 Å². The van der Waals surface area contributed by atoms with E-state index >= 15 is 0 Å². The van der Waals surface area contributed by atoms with Crippen molar-refractivity contribution in [3.8, 4) is 33.9 Å². The third-order valence-electron chi connectivity index (χ3n) is 5.58.